The smallest absolute Gasteiger partial charge is 0.224 e. The number of methoxy groups -OCH3 is 1. The van der Waals surface area contributed by atoms with Crippen molar-refractivity contribution in [2.24, 2.45) is 0 Å². The largest absolute Gasteiger partial charge is 0.504 e. The fraction of sp³-hybridized carbons (Fsp3) is 0.235. The van der Waals surface area contributed by atoms with Crippen LogP contribution in [-0.4, -0.2) is 38.9 Å². The van der Waals surface area contributed by atoms with Crippen LogP contribution >= 0.6 is 0 Å². The molecule has 0 saturated heterocycles. The Labute approximate surface area is 132 Å². The van der Waals surface area contributed by atoms with Gasteiger partial charge in [0.2, 0.25) is 11.5 Å². The highest BCUT2D eigenvalue weighted by Crippen LogP contribution is 2.47. The summed E-state index contributed by atoms with van der Waals surface area (Å²) in [4.78, 5) is 11.6. The molecule has 0 fully saturated rings. The molecular formula is C17H16O6. The van der Waals surface area contributed by atoms with Gasteiger partial charge in [-0.15, -0.1) is 0 Å². The second-order valence-electron chi connectivity index (χ2n) is 5.82. The van der Waals surface area contributed by atoms with Crippen LogP contribution in [0.1, 0.15) is 18.1 Å². The molecule has 1 atom stereocenters. The first-order chi connectivity index (χ1) is 10.8. The van der Waals surface area contributed by atoms with Gasteiger partial charge in [0.1, 0.15) is 0 Å². The lowest BCUT2D eigenvalue weighted by molar-refractivity contribution is -0.114. The molecule has 0 aliphatic heterocycles. The Morgan fingerprint density at radius 1 is 1.13 bits per heavy atom. The Bertz CT molecular complexity index is 811. The number of rotatable bonds is 1. The molecule has 1 aromatic carbocycles. The number of ether oxygens (including phenoxy) is 1. The van der Waals surface area contributed by atoms with E-state index in [9.17, 15) is 25.2 Å². The van der Waals surface area contributed by atoms with E-state index in [1.807, 2.05) is 0 Å². The lowest BCUT2D eigenvalue weighted by atomic mass is 9.88. The maximum absolute atomic E-state index is 11.6. The molecule has 0 amide bonds. The number of aromatic hydroxyl groups is 2. The van der Waals surface area contributed by atoms with E-state index >= 15 is 0 Å². The van der Waals surface area contributed by atoms with Crippen LogP contribution in [0.2, 0.25) is 0 Å². The fourth-order valence-corrected chi connectivity index (χ4v) is 3.14. The molecule has 0 radical (unpaired) electrons. The van der Waals surface area contributed by atoms with Gasteiger partial charge in [-0.05, 0) is 42.3 Å². The lowest BCUT2D eigenvalue weighted by Crippen LogP contribution is -2.25. The molecule has 6 heteroatoms. The van der Waals surface area contributed by atoms with Crippen molar-refractivity contribution < 1.29 is 30.0 Å². The fourth-order valence-electron chi connectivity index (χ4n) is 3.14. The molecule has 120 valence electrons. The first-order valence-corrected chi connectivity index (χ1v) is 6.98. The van der Waals surface area contributed by atoms with Gasteiger partial charge < -0.3 is 25.2 Å². The van der Waals surface area contributed by atoms with E-state index in [4.69, 9.17) is 4.74 Å². The van der Waals surface area contributed by atoms with Crippen LogP contribution < -0.4 is 0 Å². The average Bonchev–Trinajstić information content (AvgIpc) is 2.72. The van der Waals surface area contributed by atoms with Crippen molar-refractivity contribution in [3.05, 3.63) is 52.5 Å². The SMILES string of the molecule is COC1=C(O)C(=O)C=C/C1=C1\c2cc(O)c(O)cc2CC1(C)O. The van der Waals surface area contributed by atoms with Crippen LogP contribution in [0.25, 0.3) is 5.57 Å². The number of hydrogen-bond donors (Lipinski definition) is 4. The number of aliphatic hydroxyl groups is 2. The summed E-state index contributed by atoms with van der Waals surface area (Å²) in [5.41, 5.74) is 0.634. The van der Waals surface area contributed by atoms with Gasteiger partial charge >= 0.3 is 0 Å². The Morgan fingerprint density at radius 3 is 2.43 bits per heavy atom. The average molecular weight is 316 g/mol. The first kappa shape index (κ1) is 15.2. The molecule has 4 N–H and O–H groups in total. The summed E-state index contributed by atoms with van der Waals surface area (Å²) in [7, 11) is 1.32. The monoisotopic (exact) mass is 316 g/mol. The summed E-state index contributed by atoms with van der Waals surface area (Å²) < 4.78 is 5.14. The van der Waals surface area contributed by atoms with E-state index in [1.165, 1.54) is 31.4 Å². The molecule has 3 rings (SSSR count). The van der Waals surface area contributed by atoms with Gasteiger partial charge in [-0.2, -0.15) is 0 Å². The quantitative estimate of drug-likeness (QED) is 0.588. The summed E-state index contributed by atoms with van der Waals surface area (Å²) in [6.07, 6.45) is 2.87. The molecule has 1 aromatic rings. The molecule has 0 heterocycles. The third-order valence-corrected chi connectivity index (χ3v) is 4.11. The van der Waals surface area contributed by atoms with Crippen molar-refractivity contribution in [3.63, 3.8) is 0 Å². The van der Waals surface area contributed by atoms with Gasteiger partial charge in [-0.1, -0.05) is 0 Å². The van der Waals surface area contributed by atoms with Crippen molar-refractivity contribution in [2.75, 3.05) is 7.11 Å². The number of allylic oxidation sites excluding steroid dienone is 2. The Hall–Kier alpha value is -2.73. The highest BCUT2D eigenvalue weighted by atomic mass is 16.5. The molecule has 23 heavy (non-hydrogen) atoms. The van der Waals surface area contributed by atoms with Crippen molar-refractivity contribution in [1.82, 2.24) is 0 Å². The van der Waals surface area contributed by atoms with Crippen LogP contribution in [0.5, 0.6) is 11.5 Å². The maximum Gasteiger partial charge on any atom is 0.224 e. The number of aliphatic hydroxyl groups excluding tert-OH is 1. The van der Waals surface area contributed by atoms with Gasteiger partial charge in [0, 0.05) is 17.6 Å². The minimum Gasteiger partial charge on any atom is -0.504 e. The van der Waals surface area contributed by atoms with Crippen molar-refractivity contribution >= 4 is 11.4 Å². The summed E-state index contributed by atoms with van der Waals surface area (Å²) >= 11 is 0. The molecule has 0 spiro atoms. The van der Waals surface area contributed by atoms with Crippen molar-refractivity contribution in [1.29, 1.82) is 0 Å². The molecule has 6 nitrogen and oxygen atoms in total. The van der Waals surface area contributed by atoms with Crippen LogP contribution in [0.3, 0.4) is 0 Å². The second kappa shape index (κ2) is 4.89. The number of benzene rings is 1. The minimum atomic E-state index is -1.31. The number of ketones is 1. The van der Waals surface area contributed by atoms with Gasteiger partial charge in [-0.25, -0.2) is 0 Å². The predicted molar refractivity (Wildman–Crippen MR) is 81.8 cm³/mol. The molecule has 1 unspecified atom stereocenters. The van der Waals surface area contributed by atoms with Crippen LogP contribution in [0.4, 0.5) is 0 Å². The third kappa shape index (κ3) is 2.19. The normalized spacial score (nSPS) is 26.7. The zero-order chi connectivity index (χ0) is 16.9. The number of phenolic OH excluding ortho intramolecular Hbond substituents is 2. The first-order valence-electron chi connectivity index (χ1n) is 6.98. The van der Waals surface area contributed by atoms with E-state index in [0.717, 1.165) is 0 Å². The minimum absolute atomic E-state index is 0.0341. The maximum atomic E-state index is 11.6. The molecule has 0 aromatic heterocycles. The summed E-state index contributed by atoms with van der Waals surface area (Å²) in [6.45, 7) is 1.58. The molecule has 0 saturated carbocycles. The van der Waals surface area contributed by atoms with Crippen LogP contribution in [0, 0.1) is 0 Å². The van der Waals surface area contributed by atoms with E-state index in [1.54, 1.807) is 6.92 Å². The molecule has 0 bridgehead atoms. The van der Waals surface area contributed by atoms with Gasteiger partial charge in [0.05, 0.1) is 12.7 Å². The zero-order valence-electron chi connectivity index (χ0n) is 12.6. The molecule has 2 aliphatic rings. The van der Waals surface area contributed by atoms with Crippen molar-refractivity contribution in [2.45, 2.75) is 18.9 Å². The van der Waals surface area contributed by atoms with Gasteiger partial charge in [0.25, 0.3) is 0 Å². The summed E-state index contributed by atoms with van der Waals surface area (Å²) in [5, 5.41) is 40.1. The van der Waals surface area contributed by atoms with Crippen molar-refractivity contribution in [3.8, 4) is 11.5 Å². The van der Waals surface area contributed by atoms with E-state index in [-0.39, 0.29) is 23.7 Å². The predicted octanol–water partition coefficient (Wildman–Crippen LogP) is 1.71. The van der Waals surface area contributed by atoms with E-state index in [2.05, 4.69) is 0 Å². The number of fused-ring (bicyclic) bond motifs is 1. The number of carbonyl (C=O) groups is 1. The summed E-state index contributed by atoms with van der Waals surface area (Å²) in [6, 6.07) is 2.74. The van der Waals surface area contributed by atoms with E-state index in [0.29, 0.717) is 22.3 Å². The lowest BCUT2D eigenvalue weighted by Gasteiger charge is -2.24. The number of carbonyl (C=O) groups excluding carboxylic acids is 1. The highest BCUT2D eigenvalue weighted by Gasteiger charge is 2.40. The van der Waals surface area contributed by atoms with Crippen LogP contribution in [-0.2, 0) is 16.0 Å². The van der Waals surface area contributed by atoms with Gasteiger partial charge in [0.15, 0.2) is 17.3 Å². The standard InChI is InChI=1S/C17H16O6/c1-17(22)7-8-5-12(19)13(20)6-10(8)14(17)9-3-4-11(18)15(21)16(9)23-2/h3-6,19-22H,7H2,1-2H3/b14-9-. The third-order valence-electron chi connectivity index (χ3n) is 4.11. The number of hydrogen-bond acceptors (Lipinski definition) is 6. The Balaban J connectivity index is 2.33. The van der Waals surface area contributed by atoms with Crippen LogP contribution in [0.15, 0.2) is 41.4 Å². The topological polar surface area (TPSA) is 107 Å². The van der Waals surface area contributed by atoms with Gasteiger partial charge in [-0.3, -0.25) is 4.79 Å². The molecular weight excluding hydrogens is 300 g/mol. The molecule has 2 aliphatic carbocycles. The number of phenols is 2. The second-order valence-corrected chi connectivity index (χ2v) is 5.82. The Morgan fingerprint density at radius 2 is 1.78 bits per heavy atom. The summed E-state index contributed by atoms with van der Waals surface area (Å²) in [5.74, 6) is -1.75. The van der Waals surface area contributed by atoms with E-state index < -0.39 is 17.1 Å². The zero-order valence-corrected chi connectivity index (χ0v) is 12.6. The Kier molecular flexibility index (Phi) is 3.23. The highest BCUT2D eigenvalue weighted by molar-refractivity contribution is 6.06.